The smallest absolute Gasteiger partial charge is 0.266 e. The van der Waals surface area contributed by atoms with Gasteiger partial charge in [0.25, 0.3) is 5.56 Å². The molecular weight excluding hydrogens is 507 g/mol. The van der Waals surface area contributed by atoms with Gasteiger partial charge in [0, 0.05) is 19.6 Å². The van der Waals surface area contributed by atoms with Gasteiger partial charge in [0.05, 0.1) is 45.1 Å². The topological polar surface area (TPSA) is 76.5 Å². The average Bonchev–Trinajstić information content (AvgIpc) is 2.87. The minimum absolute atomic E-state index is 0.0671. The van der Waals surface area contributed by atoms with E-state index in [9.17, 15) is 9.59 Å². The van der Waals surface area contributed by atoms with E-state index in [-0.39, 0.29) is 11.5 Å². The number of amides is 1. The van der Waals surface area contributed by atoms with Crippen molar-refractivity contribution in [3.05, 3.63) is 62.9 Å². The number of hydrogen-bond acceptors (Lipinski definition) is 6. The Morgan fingerprint density at radius 3 is 2.69 bits per heavy atom. The lowest BCUT2D eigenvalue weighted by Crippen LogP contribution is -2.39. The highest BCUT2D eigenvalue weighted by atomic mass is 35.5. The molecule has 3 aromatic rings. The Morgan fingerprint density at radius 2 is 1.94 bits per heavy atom. The fourth-order valence-electron chi connectivity index (χ4n) is 3.95. The quantitative estimate of drug-likeness (QED) is 0.249. The zero-order valence-corrected chi connectivity index (χ0v) is 21.8. The number of fused-ring (bicyclic) bond motifs is 1. The monoisotopic (exact) mass is 534 g/mol. The van der Waals surface area contributed by atoms with Crippen molar-refractivity contribution < 1.29 is 9.53 Å². The normalized spacial score (nSPS) is 15.3. The van der Waals surface area contributed by atoms with Crippen molar-refractivity contribution in [2.24, 2.45) is 0 Å². The third-order valence-electron chi connectivity index (χ3n) is 5.87. The zero-order chi connectivity index (χ0) is 24.8. The number of hydrogen-bond donors (Lipinski definition) is 1. The van der Waals surface area contributed by atoms with Gasteiger partial charge in [0.1, 0.15) is 0 Å². The Hall–Kier alpha value is -2.10. The number of aromatic nitrogens is 2. The van der Waals surface area contributed by atoms with Crippen molar-refractivity contribution in [3.8, 4) is 5.69 Å². The molecule has 0 saturated carbocycles. The van der Waals surface area contributed by atoms with Crippen molar-refractivity contribution in [1.29, 1.82) is 0 Å². The van der Waals surface area contributed by atoms with Gasteiger partial charge in [0.2, 0.25) is 5.91 Å². The summed E-state index contributed by atoms with van der Waals surface area (Å²) in [4.78, 5) is 33.6. The molecule has 1 aliphatic rings. The maximum atomic E-state index is 13.5. The highest BCUT2D eigenvalue weighted by Crippen LogP contribution is 2.29. The van der Waals surface area contributed by atoms with E-state index in [1.165, 1.54) is 16.3 Å². The molecule has 1 unspecified atom stereocenters. The molecule has 0 radical (unpaired) electrons. The van der Waals surface area contributed by atoms with Crippen molar-refractivity contribution in [2.75, 3.05) is 39.4 Å². The van der Waals surface area contributed by atoms with Gasteiger partial charge >= 0.3 is 0 Å². The molecule has 1 aliphatic heterocycles. The summed E-state index contributed by atoms with van der Waals surface area (Å²) in [6, 6.07) is 12.2. The third-order valence-corrected chi connectivity index (χ3v) is 7.93. The second-order valence-electron chi connectivity index (χ2n) is 8.26. The van der Waals surface area contributed by atoms with E-state index in [0.29, 0.717) is 44.8 Å². The van der Waals surface area contributed by atoms with E-state index in [1.54, 1.807) is 36.4 Å². The summed E-state index contributed by atoms with van der Waals surface area (Å²) in [5.41, 5.74) is 0.903. The fourth-order valence-corrected chi connectivity index (χ4v) is 5.29. The van der Waals surface area contributed by atoms with E-state index in [4.69, 9.17) is 32.9 Å². The van der Waals surface area contributed by atoms with Gasteiger partial charge in [-0.3, -0.25) is 19.1 Å². The summed E-state index contributed by atoms with van der Waals surface area (Å²) < 4.78 is 6.88. The Labute approximate surface area is 218 Å². The Bertz CT molecular complexity index is 1250. The van der Waals surface area contributed by atoms with E-state index in [0.717, 1.165) is 39.3 Å². The highest BCUT2D eigenvalue weighted by Gasteiger charge is 2.23. The van der Waals surface area contributed by atoms with Crippen LogP contribution in [0.3, 0.4) is 0 Å². The van der Waals surface area contributed by atoms with Crippen LogP contribution < -0.4 is 10.9 Å². The molecule has 7 nitrogen and oxygen atoms in total. The first kappa shape index (κ1) is 26.0. The van der Waals surface area contributed by atoms with Gasteiger partial charge in [-0.15, -0.1) is 0 Å². The Morgan fingerprint density at radius 1 is 1.17 bits per heavy atom. The molecule has 1 amide bonds. The lowest BCUT2D eigenvalue weighted by atomic mass is 10.2. The summed E-state index contributed by atoms with van der Waals surface area (Å²) in [5, 5.41) is 4.31. The molecule has 1 fully saturated rings. The first-order valence-corrected chi connectivity index (χ1v) is 13.3. The first-order valence-electron chi connectivity index (χ1n) is 11.7. The van der Waals surface area contributed by atoms with Gasteiger partial charge in [-0.2, -0.15) is 0 Å². The van der Waals surface area contributed by atoms with Crippen LogP contribution in [0.15, 0.2) is 52.4 Å². The third kappa shape index (κ3) is 6.37. The number of morpholine rings is 1. The molecule has 186 valence electrons. The molecule has 0 spiro atoms. The SMILES string of the molecule is CCC(Sc1nc2ccccc2c(=O)n1-c1ccc(Cl)c(Cl)c1)C(=O)NCCCN1CCOCC1. The molecule has 1 saturated heterocycles. The molecule has 0 bridgehead atoms. The summed E-state index contributed by atoms with van der Waals surface area (Å²) in [6.07, 6.45) is 1.46. The number of halogens is 2. The van der Waals surface area contributed by atoms with Crippen LogP contribution in [0.2, 0.25) is 10.0 Å². The zero-order valence-electron chi connectivity index (χ0n) is 19.5. The maximum Gasteiger partial charge on any atom is 0.266 e. The van der Waals surface area contributed by atoms with Gasteiger partial charge in [-0.05, 0) is 49.7 Å². The molecule has 1 aromatic heterocycles. The van der Waals surface area contributed by atoms with Crippen LogP contribution in [-0.4, -0.2) is 65.0 Å². The van der Waals surface area contributed by atoms with E-state index in [1.807, 2.05) is 13.0 Å². The van der Waals surface area contributed by atoms with Crippen LogP contribution in [0, 0.1) is 0 Å². The number of benzene rings is 2. The predicted molar refractivity (Wildman–Crippen MR) is 142 cm³/mol. The van der Waals surface area contributed by atoms with Crippen molar-refractivity contribution >= 4 is 51.8 Å². The van der Waals surface area contributed by atoms with Crippen LogP contribution >= 0.6 is 35.0 Å². The number of thioether (sulfide) groups is 1. The van der Waals surface area contributed by atoms with Crippen LogP contribution in [0.5, 0.6) is 0 Å². The standard InChI is InChI=1S/C25H28Cl2N4O3S/c1-2-22(23(32)28-10-5-11-30-12-14-34-15-13-30)35-25-29-21-7-4-3-6-18(21)24(33)31(25)17-8-9-19(26)20(27)16-17/h3-4,6-9,16,22H,2,5,10-15H2,1H3,(H,28,32). The summed E-state index contributed by atoms with van der Waals surface area (Å²) in [6.45, 7) is 6.87. The van der Waals surface area contributed by atoms with Crippen LogP contribution in [0.25, 0.3) is 16.6 Å². The predicted octanol–water partition coefficient (Wildman–Crippen LogP) is 4.40. The van der Waals surface area contributed by atoms with Gasteiger partial charge in [-0.25, -0.2) is 4.98 Å². The molecule has 35 heavy (non-hydrogen) atoms. The highest BCUT2D eigenvalue weighted by molar-refractivity contribution is 8.00. The van der Waals surface area contributed by atoms with E-state index in [2.05, 4.69) is 10.2 Å². The van der Waals surface area contributed by atoms with Gasteiger partial charge in [0.15, 0.2) is 5.16 Å². The fraction of sp³-hybridized carbons (Fsp3) is 0.400. The van der Waals surface area contributed by atoms with E-state index < -0.39 is 5.25 Å². The largest absolute Gasteiger partial charge is 0.379 e. The second kappa shape index (κ2) is 12.2. The molecule has 1 atom stereocenters. The Balaban J connectivity index is 1.54. The number of carbonyl (C=O) groups is 1. The van der Waals surface area contributed by atoms with Crippen molar-refractivity contribution in [3.63, 3.8) is 0 Å². The minimum atomic E-state index is -0.402. The van der Waals surface area contributed by atoms with Crippen LogP contribution in [-0.2, 0) is 9.53 Å². The van der Waals surface area contributed by atoms with Crippen LogP contribution in [0.1, 0.15) is 19.8 Å². The molecule has 4 rings (SSSR count). The summed E-state index contributed by atoms with van der Waals surface area (Å²) in [7, 11) is 0. The number of carbonyl (C=O) groups excluding carboxylic acids is 1. The number of ether oxygens (including phenoxy) is 1. The maximum absolute atomic E-state index is 13.5. The summed E-state index contributed by atoms with van der Waals surface area (Å²) >= 11 is 13.6. The first-order chi connectivity index (χ1) is 17.0. The Kier molecular flexibility index (Phi) is 9.08. The van der Waals surface area contributed by atoms with Crippen molar-refractivity contribution in [1.82, 2.24) is 19.8 Å². The number of para-hydroxylation sites is 1. The average molecular weight is 535 g/mol. The van der Waals surface area contributed by atoms with Gasteiger partial charge < -0.3 is 10.1 Å². The summed E-state index contributed by atoms with van der Waals surface area (Å²) in [5.74, 6) is -0.0671. The minimum Gasteiger partial charge on any atom is -0.379 e. The molecule has 2 aromatic carbocycles. The van der Waals surface area contributed by atoms with Crippen molar-refractivity contribution in [2.45, 2.75) is 30.2 Å². The molecule has 2 heterocycles. The number of nitrogens with zero attached hydrogens (tertiary/aromatic N) is 3. The lowest BCUT2D eigenvalue weighted by molar-refractivity contribution is -0.120. The molecular formula is C25H28Cl2N4O3S. The number of rotatable bonds is 9. The number of nitrogens with one attached hydrogen (secondary N) is 1. The molecule has 1 N–H and O–H groups in total. The van der Waals surface area contributed by atoms with Gasteiger partial charge in [-0.1, -0.05) is 54.0 Å². The second-order valence-corrected chi connectivity index (χ2v) is 10.2. The molecule has 10 heteroatoms. The van der Waals surface area contributed by atoms with E-state index >= 15 is 0 Å². The molecule has 0 aliphatic carbocycles. The van der Waals surface area contributed by atoms with Crippen LogP contribution in [0.4, 0.5) is 0 Å². The lowest BCUT2D eigenvalue weighted by Gasteiger charge is -2.26.